The van der Waals surface area contributed by atoms with Gasteiger partial charge in [0.2, 0.25) is 0 Å². The molecule has 1 aliphatic rings. The molecule has 1 N–H and O–H groups in total. The highest BCUT2D eigenvalue weighted by Crippen LogP contribution is 2.52. The van der Waals surface area contributed by atoms with Crippen LogP contribution in [0.25, 0.3) is 15.7 Å². The van der Waals surface area contributed by atoms with Crippen LogP contribution in [0.2, 0.25) is 13.1 Å². The summed E-state index contributed by atoms with van der Waals surface area (Å²) in [6.45, 7) is 9.56. The summed E-state index contributed by atoms with van der Waals surface area (Å²) >= 11 is 1.96. The van der Waals surface area contributed by atoms with E-state index in [1.807, 2.05) is 11.3 Å². The minimum absolute atomic E-state index is 0.531. The van der Waals surface area contributed by atoms with Crippen LogP contribution < -0.4 is 4.98 Å². The molecule has 1 unspecified atom stereocenters. The second-order valence-electron chi connectivity index (χ2n) is 7.29. The molecule has 3 heteroatoms. The van der Waals surface area contributed by atoms with Gasteiger partial charge < -0.3 is 4.98 Å². The predicted molar refractivity (Wildman–Crippen MR) is 110 cm³/mol. The molecule has 0 radical (unpaired) electrons. The summed E-state index contributed by atoms with van der Waals surface area (Å²) in [7, 11) is -1.75. The van der Waals surface area contributed by atoms with E-state index >= 15 is 0 Å². The molecule has 1 aliphatic carbocycles. The molecule has 0 saturated carbocycles. The highest BCUT2D eigenvalue weighted by molar-refractivity contribution is 7.20. The van der Waals surface area contributed by atoms with Crippen molar-refractivity contribution in [1.82, 2.24) is 0 Å². The van der Waals surface area contributed by atoms with Crippen LogP contribution in [0.4, 0.5) is 5.69 Å². The zero-order valence-electron chi connectivity index (χ0n) is 14.7. The molecule has 4 rings (SSSR count). The number of hydrogen-bond acceptors (Lipinski definition) is 2. The minimum Gasteiger partial charge on any atom is -0.410 e. The molecule has 0 saturated heterocycles. The van der Waals surface area contributed by atoms with Gasteiger partial charge in [-0.25, -0.2) is 0 Å². The number of anilines is 1. The molecular formula is C21H23NSSi. The molecule has 0 spiro atoms. The van der Waals surface area contributed by atoms with Gasteiger partial charge in [-0.3, -0.25) is 0 Å². The first-order chi connectivity index (χ1) is 11.5. The summed E-state index contributed by atoms with van der Waals surface area (Å²) in [5.41, 5.74) is 6.40. The maximum atomic E-state index is 3.92. The van der Waals surface area contributed by atoms with Crippen LogP contribution in [-0.4, -0.2) is 8.24 Å². The first-order valence-electron chi connectivity index (χ1n) is 8.51. The van der Waals surface area contributed by atoms with Crippen molar-refractivity contribution in [2.24, 2.45) is 0 Å². The molecule has 1 nitrogen and oxygen atoms in total. The van der Waals surface area contributed by atoms with Gasteiger partial charge in [-0.2, -0.15) is 0 Å². The quantitative estimate of drug-likeness (QED) is 0.522. The van der Waals surface area contributed by atoms with E-state index in [0.29, 0.717) is 5.54 Å². The van der Waals surface area contributed by atoms with Crippen LogP contribution in [0, 0.1) is 0 Å². The lowest BCUT2D eigenvalue weighted by Crippen LogP contribution is -2.44. The molecule has 1 heterocycles. The molecule has 1 aromatic heterocycles. The van der Waals surface area contributed by atoms with Gasteiger partial charge in [0.25, 0.3) is 0 Å². The largest absolute Gasteiger partial charge is 0.410 e. The van der Waals surface area contributed by atoms with E-state index in [1.165, 1.54) is 26.2 Å². The van der Waals surface area contributed by atoms with Gasteiger partial charge in [0.15, 0.2) is 8.24 Å². The second-order valence-corrected chi connectivity index (χ2v) is 12.6. The number of thiophene rings is 1. The lowest BCUT2D eigenvalue weighted by atomic mass is 10.1. The Morgan fingerprint density at radius 1 is 0.917 bits per heavy atom. The van der Waals surface area contributed by atoms with E-state index in [-0.39, 0.29) is 0 Å². The number of fused-ring (bicyclic) bond motifs is 3. The second kappa shape index (κ2) is 5.61. The standard InChI is InChI=1S/C21H23NSSi/c1-14-15(2)21(24(3,4)22-16-10-6-5-7-11-16)19-17-12-8-9-13-18(17)23-20(14)19/h5-13,21-22H,1-4H3. The Morgan fingerprint density at radius 2 is 1.58 bits per heavy atom. The fourth-order valence-corrected chi connectivity index (χ4v) is 8.90. The van der Waals surface area contributed by atoms with E-state index in [9.17, 15) is 0 Å². The average Bonchev–Trinajstić information content (AvgIpc) is 3.04. The zero-order valence-corrected chi connectivity index (χ0v) is 16.5. The normalized spacial score (nSPS) is 17.4. The van der Waals surface area contributed by atoms with Crippen LogP contribution in [0.1, 0.15) is 29.8 Å². The lowest BCUT2D eigenvalue weighted by molar-refractivity contribution is 1.08. The van der Waals surface area contributed by atoms with Crippen molar-refractivity contribution in [3.8, 4) is 0 Å². The first kappa shape index (κ1) is 15.7. The summed E-state index contributed by atoms with van der Waals surface area (Å²) in [4.78, 5) is 5.42. The van der Waals surface area contributed by atoms with Crippen LogP contribution in [0.5, 0.6) is 0 Å². The maximum absolute atomic E-state index is 3.92. The number of hydrogen-bond donors (Lipinski definition) is 1. The highest BCUT2D eigenvalue weighted by Gasteiger charge is 2.42. The molecule has 122 valence electrons. The number of nitrogens with one attached hydrogen (secondary N) is 1. The summed E-state index contributed by atoms with van der Waals surface area (Å²) in [6.07, 6.45) is 0. The Bertz CT molecular complexity index is 937. The third-order valence-corrected chi connectivity index (χ3v) is 9.65. The SMILES string of the molecule is CC1=C(C)C([Si](C)(C)Nc2ccccc2)c2c1sc1ccccc21. The number of rotatable bonds is 3. The Balaban J connectivity index is 1.84. The molecule has 0 amide bonds. The van der Waals surface area contributed by atoms with Crippen molar-refractivity contribution in [2.45, 2.75) is 32.5 Å². The Morgan fingerprint density at radius 3 is 2.33 bits per heavy atom. The molecule has 2 aromatic carbocycles. The van der Waals surface area contributed by atoms with Crippen molar-refractivity contribution in [1.29, 1.82) is 0 Å². The molecule has 0 bridgehead atoms. The fourth-order valence-electron chi connectivity index (χ4n) is 4.11. The molecule has 3 aromatic rings. The Kier molecular flexibility index (Phi) is 3.66. The topological polar surface area (TPSA) is 12.0 Å². The van der Waals surface area contributed by atoms with Gasteiger partial charge >= 0.3 is 0 Å². The maximum Gasteiger partial charge on any atom is 0.158 e. The molecule has 1 atom stereocenters. The van der Waals surface area contributed by atoms with Crippen molar-refractivity contribution in [3.63, 3.8) is 0 Å². The van der Waals surface area contributed by atoms with Gasteiger partial charge in [-0.1, -0.05) is 55.1 Å². The van der Waals surface area contributed by atoms with Crippen LogP contribution in [-0.2, 0) is 0 Å². The van der Waals surface area contributed by atoms with Crippen molar-refractivity contribution < 1.29 is 0 Å². The van der Waals surface area contributed by atoms with Gasteiger partial charge in [0.05, 0.1) is 0 Å². The smallest absolute Gasteiger partial charge is 0.158 e. The minimum atomic E-state index is -1.75. The van der Waals surface area contributed by atoms with Gasteiger partial charge in [-0.05, 0) is 48.6 Å². The van der Waals surface area contributed by atoms with Crippen molar-refractivity contribution in [3.05, 3.63) is 70.6 Å². The van der Waals surface area contributed by atoms with E-state index in [0.717, 1.165) is 0 Å². The van der Waals surface area contributed by atoms with Crippen molar-refractivity contribution in [2.75, 3.05) is 4.98 Å². The summed E-state index contributed by atoms with van der Waals surface area (Å²) in [5, 5.41) is 1.45. The zero-order chi connectivity index (χ0) is 16.9. The van der Waals surface area contributed by atoms with Crippen LogP contribution >= 0.6 is 11.3 Å². The molecule has 24 heavy (non-hydrogen) atoms. The van der Waals surface area contributed by atoms with Gasteiger partial charge in [0, 0.05) is 20.8 Å². The monoisotopic (exact) mass is 349 g/mol. The van der Waals surface area contributed by atoms with Crippen LogP contribution in [0.3, 0.4) is 0 Å². The highest BCUT2D eigenvalue weighted by atomic mass is 32.1. The average molecular weight is 350 g/mol. The van der Waals surface area contributed by atoms with Crippen LogP contribution in [0.15, 0.2) is 60.2 Å². The number of para-hydroxylation sites is 1. The van der Waals surface area contributed by atoms with Gasteiger partial charge in [-0.15, -0.1) is 11.3 Å². The Labute approximate surface area is 149 Å². The lowest BCUT2D eigenvalue weighted by Gasteiger charge is -2.33. The summed E-state index contributed by atoms with van der Waals surface area (Å²) < 4.78 is 1.42. The third-order valence-electron chi connectivity index (χ3n) is 5.25. The fraction of sp³-hybridized carbons (Fsp3) is 0.238. The van der Waals surface area contributed by atoms with E-state index < -0.39 is 8.24 Å². The first-order valence-corrected chi connectivity index (χ1v) is 12.4. The predicted octanol–water partition coefficient (Wildman–Crippen LogP) is 6.65. The molecular weight excluding hydrogens is 326 g/mol. The Hall–Kier alpha value is -1.84. The van der Waals surface area contributed by atoms with E-state index in [4.69, 9.17) is 0 Å². The number of allylic oxidation sites excluding steroid dienone is 2. The summed E-state index contributed by atoms with van der Waals surface area (Å²) in [5.74, 6) is 0. The van der Waals surface area contributed by atoms with Crippen molar-refractivity contribution >= 4 is 40.9 Å². The number of benzene rings is 2. The molecule has 0 aliphatic heterocycles. The summed E-state index contributed by atoms with van der Waals surface area (Å²) in [6, 6.07) is 19.6. The third kappa shape index (κ3) is 2.35. The molecule has 0 fully saturated rings. The van der Waals surface area contributed by atoms with Gasteiger partial charge in [0.1, 0.15) is 0 Å². The van der Waals surface area contributed by atoms with E-state index in [1.54, 1.807) is 11.1 Å². The van der Waals surface area contributed by atoms with E-state index in [2.05, 4.69) is 86.5 Å².